The lowest BCUT2D eigenvalue weighted by atomic mass is 9.96. The van der Waals surface area contributed by atoms with Crippen LogP contribution < -0.4 is 19.8 Å². The van der Waals surface area contributed by atoms with Gasteiger partial charge in [-0.15, -0.1) is 0 Å². The molecule has 0 bridgehead atoms. The molecule has 1 aromatic heterocycles. The standard InChI is InChI=1S/C29H29FN4O5S/c1-4-39-28(36)25-18(3)31-29-33(26(25)19-5-7-21(30)8-6-19)27(35)24(40-29)16-20-15-22(34(37)38)9-10-23(20)32-13-11-17(2)12-14-32/h5-10,15-17,26H,4,11-14H2,1-3H3/b24-16+/t26-/m1/s1. The molecule has 2 aromatic carbocycles. The Bertz CT molecular complexity index is 1680. The van der Waals surface area contributed by atoms with Crippen LogP contribution in [0.2, 0.25) is 0 Å². The first-order valence-corrected chi connectivity index (χ1v) is 14.0. The number of nitro groups is 1. The second-order valence-corrected chi connectivity index (χ2v) is 11.0. The van der Waals surface area contributed by atoms with E-state index in [1.807, 2.05) is 0 Å². The molecule has 11 heteroatoms. The number of rotatable bonds is 6. The number of esters is 1. The fraction of sp³-hybridized carbons (Fsp3) is 0.345. The van der Waals surface area contributed by atoms with E-state index < -0.39 is 28.3 Å². The molecular weight excluding hydrogens is 535 g/mol. The number of halogens is 1. The Morgan fingerprint density at radius 2 is 1.93 bits per heavy atom. The summed E-state index contributed by atoms with van der Waals surface area (Å²) in [5.41, 5.74) is 2.04. The molecule has 208 valence electrons. The van der Waals surface area contributed by atoms with Gasteiger partial charge in [0.2, 0.25) is 0 Å². The first-order valence-electron chi connectivity index (χ1n) is 13.2. The second kappa shape index (κ2) is 11.2. The molecule has 0 saturated carbocycles. The van der Waals surface area contributed by atoms with Crippen molar-refractivity contribution in [2.75, 3.05) is 24.6 Å². The summed E-state index contributed by atoms with van der Waals surface area (Å²) in [6.45, 7) is 7.34. The van der Waals surface area contributed by atoms with Crippen molar-refractivity contribution in [2.45, 2.75) is 39.7 Å². The minimum absolute atomic E-state index is 0.0715. The van der Waals surface area contributed by atoms with Gasteiger partial charge in [0, 0.05) is 36.5 Å². The van der Waals surface area contributed by atoms with Crippen molar-refractivity contribution < 1.29 is 18.8 Å². The summed E-state index contributed by atoms with van der Waals surface area (Å²) < 4.78 is 20.8. The molecule has 5 rings (SSSR count). The van der Waals surface area contributed by atoms with Gasteiger partial charge in [-0.3, -0.25) is 19.5 Å². The second-order valence-electron chi connectivity index (χ2n) is 10.0. The first kappa shape index (κ1) is 27.4. The van der Waals surface area contributed by atoms with E-state index in [1.165, 1.54) is 41.0 Å². The number of benzene rings is 2. The average Bonchev–Trinajstić information content (AvgIpc) is 3.23. The summed E-state index contributed by atoms with van der Waals surface area (Å²) >= 11 is 1.14. The maximum absolute atomic E-state index is 13.9. The van der Waals surface area contributed by atoms with Crippen LogP contribution in [-0.2, 0) is 9.53 Å². The van der Waals surface area contributed by atoms with Crippen molar-refractivity contribution in [1.29, 1.82) is 0 Å². The fourth-order valence-corrected chi connectivity index (χ4v) is 6.24. The number of nitro benzene ring substituents is 1. The number of aromatic nitrogens is 1. The number of thiazole rings is 1. The largest absolute Gasteiger partial charge is 0.463 e. The molecule has 1 saturated heterocycles. The lowest BCUT2D eigenvalue weighted by molar-refractivity contribution is -0.384. The van der Waals surface area contributed by atoms with Gasteiger partial charge in [0.1, 0.15) is 5.82 Å². The maximum atomic E-state index is 13.9. The number of carbonyl (C=O) groups is 1. The van der Waals surface area contributed by atoms with Gasteiger partial charge in [0.25, 0.3) is 11.2 Å². The quantitative estimate of drug-likeness (QED) is 0.254. The molecule has 40 heavy (non-hydrogen) atoms. The predicted molar refractivity (Wildman–Crippen MR) is 151 cm³/mol. The van der Waals surface area contributed by atoms with Gasteiger partial charge in [-0.05, 0) is 62.4 Å². The number of carbonyl (C=O) groups excluding carboxylic acids is 1. The minimum Gasteiger partial charge on any atom is -0.463 e. The normalized spacial score (nSPS) is 17.9. The lowest BCUT2D eigenvalue weighted by Crippen LogP contribution is -2.40. The molecule has 0 unspecified atom stereocenters. The third-order valence-corrected chi connectivity index (χ3v) is 8.32. The summed E-state index contributed by atoms with van der Waals surface area (Å²) in [6.07, 6.45) is 3.67. The van der Waals surface area contributed by atoms with E-state index in [2.05, 4.69) is 16.8 Å². The minimum atomic E-state index is -0.869. The number of fused-ring (bicyclic) bond motifs is 1. The monoisotopic (exact) mass is 564 g/mol. The SMILES string of the molecule is CCOC(=O)C1=C(C)N=c2s/c(=C/c3cc([N+](=O)[O-])ccc3N3CCC(C)CC3)c(=O)n2[C@@H]1c1ccc(F)cc1. The van der Waals surface area contributed by atoms with E-state index in [0.717, 1.165) is 43.0 Å². The summed E-state index contributed by atoms with van der Waals surface area (Å²) in [5.74, 6) is -0.447. The first-order chi connectivity index (χ1) is 19.2. The molecule has 2 aliphatic rings. The summed E-state index contributed by atoms with van der Waals surface area (Å²) in [4.78, 5) is 45.2. The molecular formula is C29H29FN4O5S. The molecule has 3 aromatic rings. The van der Waals surface area contributed by atoms with Crippen LogP contribution in [0.4, 0.5) is 15.8 Å². The highest BCUT2D eigenvalue weighted by molar-refractivity contribution is 7.07. The summed E-state index contributed by atoms with van der Waals surface area (Å²) in [5, 5.41) is 11.6. The topological polar surface area (TPSA) is 107 Å². The van der Waals surface area contributed by atoms with Gasteiger partial charge >= 0.3 is 5.97 Å². The van der Waals surface area contributed by atoms with E-state index in [-0.39, 0.29) is 17.9 Å². The van der Waals surface area contributed by atoms with Crippen LogP contribution in [0.25, 0.3) is 6.08 Å². The zero-order valence-electron chi connectivity index (χ0n) is 22.4. The molecule has 0 aliphatic carbocycles. The third-order valence-electron chi connectivity index (χ3n) is 7.34. The Kier molecular flexibility index (Phi) is 7.66. The fourth-order valence-electron chi connectivity index (χ4n) is 5.20. The number of anilines is 1. The number of ether oxygens (including phenoxy) is 1. The van der Waals surface area contributed by atoms with Crippen molar-refractivity contribution in [2.24, 2.45) is 10.9 Å². The molecule has 2 aliphatic heterocycles. The molecule has 0 radical (unpaired) electrons. The van der Waals surface area contributed by atoms with Crippen molar-refractivity contribution in [3.05, 3.63) is 100 Å². The van der Waals surface area contributed by atoms with Crippen molar-refractivity contribution in [1.82, 2.24) is 4.57 Å². The van der Waals surface area contributed by atoms with Crippen LogP contribution in [0.15, 0.2) is 63.5 Å². The molecule has 0 N–H and O–H groups in total. The van der Waals surface area contributed by atoms with Crippen LogP contribution in [-0.4, -0.2) is 35.2 Å². The number of nitrogens with zero attached hydrogens (tertiary/aromatic N) is 4. The van der Waals surface area contributed by atoms with Crippen molar-refractivity contribution in [3.8, 4) is 0 Å². The molecule has 9 nitrogen and oxygen atoms in total. The van der Waals surface area contributed by atoms with Gasteiger partial charge in [-0.2, -0.15) is 0 Å². The number of non-ortho nitro benzene ring substituents is 1. The molecule has 3 heterocycles. The maximum Gasteiger partial charge on any atom is 0.338 e. The van der Waals surface area contributed by atoms with Crippen molar-refractivity contribution in [3.63, 3.8) is 0 Å². The van der Waals surface area contributed by atoms with Gasteiger partial charge in [0.05, 0.1) is 33.4 Å². The van der Waals surface area contributed by atoms with E-state index in [4.69, 9.17) is 4.74 Å². The Morgan fingerprint density at radius 1 is 1.23 bits per heavy atom. The number of hydrogen-bond acceptors (Lipinski definition) is 8. The smallest absolute Gasteiger partial charge is 0.338 e. The Morgan fingerprint density at radius 3 is 2.58 bits per heavy atom. The predicted octanol–water partition coefficient (Wildman–Crippen LogP) is 4.08. The van der Waals surface area contributed by atoms with Gasteiger partial charge in [0.15, 0.2) is 4.80 Å². The molecule has 0 spiro atoms. The highest BCUT2D eigenvalue weighted by Crippen LogP contribution is 2.32. The zero-order valence-corrected chi connectivity index (χ0v) is 23.2. The third kappa shape index (κ3) is 5.21. The Hall–Kier alpha value is -4.12. The molecule has 0 amide bonds. The van der Waals surface area contributed by atoms with Crippen LogP contribution in [0.1, 0.15) is 50.8 Å². The number of allylic oxidation sites excluding steroid dienone is 1. The molecule has 1 atom stereocenters. The number of hydrogen-bond donors (Lipinski definition) is 0. The van der Waals surface area contributed by atoms with E-state index >= 15 is 0 Å². The van der Waals surface area contributed by atoms with Gasteiger partial charge in [-0.1, -0.05) is 30.4 Å². The zero-order chi connectivity index (χ0) is 28.6. The highest BCUT2D eigenvalue weighted by Gasteiger charge is 2.33. The average molecular weight is 565 g/mol. The van der Waals surface area contributed by atoms with Gasteiger partial charge < -0.3 is 9.64 Å². The van der Waals surface area contributed by atoms with Gasteiger partial charge in [-0.25, -0.2) is 14.2 Å². The van der Waals surface area contributed by atoms with Crippen LogP contribution in [0, 0.1) is 21.8 Å². The number of piperidine rings is 1. The van der Waals surface area contributed by atoms with Crippen molar-refractivity contribution >= 4 is 34.8 Å². The van der Waals surface area contributed by atoms with Crippen LogP contribution >= 0.6 is 11.3 Å². The van der Waals surface area contributed by atoms with Crippen LogP contribution in [0.5, 0.6) is 0 Å². The van der Waals surface area contributed by atoms with E-state index in [9.17, 15) is 24.1 Å². The van der Waals surface area contributed by atoms with E-state index in [1.54, 1.807) is 26.0 Å². The van der Waals surface area contributed by atoms with E-state index in [0.29, 0.717) is 32.1 Å². The summed E-state index contributed by atoms with van der Waals surface area (Å²) in [7, 11) is 0. The lowest BCUT2D eigenvalue weighted by Gasteiger charge is -2.33. The van der Waals surface area contributed by atoms with Crippen LogP contribution in [0.3, 0.4) is 0 Å². The summed E-state index contributed by atoms with van der Waals surface area (Å²) in [6, 6.07) is 9.45. The molecule has 1 fully saturated rings. The Balaban J connectivity index is 1.70. The highest BCUT2D eigenvalue weighted by atomic mass is 32.1. The Labute approximate surface area is 233 Å².